The van der Waals surface area contributed by atoms with Gasteiger partial charge in [-0.25, -0.2) is 0 Å². The van der Waals surface area contributed by atoms with Crippen molar-refractivity contribution >= 4 is 5.97 Å². The van der Waals surface area contributed by atoms with Crippen LogP contribution in [0.4, 0.5) is 0 Å². The van der Waals surface area contributed by atoms with Crippen LogP contribution in [0.5, 0.6) is 0 Å². The molecule has 3 nitrogen and oxygen atoms in total. The van der Waals surface area contributed by atoms with E-state index in [1.165, 1.54) is 0 Å². The molecular formula is C8H15NO2. The van der Waals surface area contributed by atoms with Crippen molar-refractivity contribution in [2.75, 3.05) is 20.1 Å². The van der Waals surface area contributed by atoms with Crippen molar-refractivity contribution in [2.45, 2.75) is 13.3 Å². The zero-order chi connectivity index (χ0) is 8.43. The molecule has 2 unspecified atom stereocenters. The zero-order valence-electron chi connectivity index (χ0n) is 7.08. The molecule has 1 aliphatic rings. The first kappa shape index (κ1) is 8.53. The summed E-state index contributed by atoms with van der Waals surface area (Å²) in [5.74, 6) is -0.471. The molecule has 0 amide bonds. The highest BCUT2D eigenvalue weighted by Gasteiger charge is 2.29. The molecule has 0 saturated carbocycles. The van der Waals surface area contributed by atoms with Crippen molar-refractivity contribution < 1.29 is 9.90 Å². The predicted octanol–water partition coefficient (Wildman–Crippen LogP) is 0.659. The van der Waals surface area contributed by atoms with Crippen LogP contribution in [0.1, 0.15) is 13.3 Å². The molecule has 0 aliphatic carbocycles. The molecule has 1 N–H and O–H groups in total. The lowest BCUT2D eigenvalue weighted by Gasteiger charge is -2.32. The second-order valence-corrected chi connectivity index (χ2v) is 3.47. The van der Waals surface area contributed by atoms with Gasteiger partial charge in [0.15, 0.2) is 0 Å². The molecule has 0 bridgehead atoms. The van der Waals surface area contributed by atoms with Gasteiger partial charge in [0.2, 0.25) is 0 Å². The Morgan fingerprint density at radius 3 is 2.73 bits per heavy atom. The summed E-state index contributed by atoms with van der Waals surface area (Å²) in [7, 11) is 1.97. The van der Waals surface area contributed by atoms with E-state index in [1.807, 2.05) is 14.0 Å². The number of piperidine rings is 1. The molecule has 0 radical (unpaired) electrons. The summed E-state index contributed by atoms with van der Waals surface area (Å²) < 4.78 is 0. The van der Waals surface area contributed by atoms with E-state index < -0.39 is 5.97 Å². The third-order valence-corrected chi connectivity index (χ3v) is 2.48. The van der Waals surface area contributed by atoms with Crippen molar-refractivity contribution in [3.63, 3.8) is 0 Å². The summed E-state index contributed by atoms with van der Waals surface area (Å²) in [4.78, 5) is 12.8. The van der Waals surface area contributed by atoms with Crippen LogP contribution < -0.4 is 0 Å². The number of rotatable bonds is 1. The Hall–Kier alpha value is -0.570. The van der Waals surface area contributed by atoms with Crippen molar-refractivity contribution in [2.24, 2.45) is 11.8 Å². The van der Waals surface area contributed by atoms with E-state index in [9.17, 15) is 4.79 Å². The summed E-state index contributed by atoms with van der Waals surface area (Å²) in [6.45, 7) is 3.76. The standard InChI is InChI=1S/C8H15NO2/c1-6-3-4-9(2)5-7(6)8(10)11/h6-7H,3-5H2,1-2H3,(H,10,11). The number of nitrogens with zero attached hydrogens (tertiary/aromatic N) is 1. The highest BCUT2D eigenvalue weighted by molar-refractivity contribution is 5.70. The van der Waals surface area contributed by atoms with E-state index in [1.54, 1.807) is 0 Å². The highest BCUT2D eigenvalue weighted by Crippen LogP contribution is 2.21. The average molecular weight is 157 g/mol. The molecule has 2 atom stereocenters. The molecule has 1 fully saturated rings. The van der Waals surface area contributed by atoms with Crippen molar-refractivity contribution in [1.29, 1.82) is 0 Å². The van der Waals surface area contributed by atoms with Crippen LogP contribution in [-0.4, -0.2) is 36.1 Å². The van der Waals surface area contributed by atoms with Gasteiger partial charge < -0.3 is 10.0 Å². The Morgan fingerprint density at radius 2 is 2.27 bits per heavy atom. The van der Waals surface area contributed by atoms with E-state index in [-0.39, 0.29) is 5.92 Å². The van der Waals surface area contributed by atoms with E-state index in [0.29, 0.717) is 12.5 Å². The van der Waals surface area contributed by atoms with Crippen LogP contribution in [0, 0.1) is 11.8 Å². The lowest BCUT2D eigenvalue weighted by molar-refractivity contribution is -0.145. The average Bonchev–Trinajstić information content (AvgIpc) is 1.94. The number of carboxylic acids is 1. The molecule has 1 aliphatic heterocycles. The summed E-state index contributed by atoms with van der Waals surface area (Å²) in [6.07, 6.45) is 1.01. The van der Waals surface area contributed by atoms with Crippen molar-refractivity contribution in [1.82, 2.24) is 4.90 Å². The van der Waals surface area contributed by atoms with Crippen LogP contribution >= 0.6 is 0 Å². The largest absolute Gasteiger partial charge is 0.481 e. The number of carboxylic acid groups (broad SMARTS) is 1. The third kappa shape index (κ3) is 1.93. The van der Waals surface area contributed by atoms with Crippen LogP contribution in [-0.2, 0) is 4.79 Å². The fourth-order valence-electron chi connectivity index (χ4n) is 1.55. The number of hydrogen-bond donors (Lipinski definition) is 1. The quantitative estimate of drug-likeness (QED) is 0.608. The van der Waals surface area contributed by atoms with E-state index in [0.717, 1.165) is 13.0 Å². The van der Waals surface area contributed by atoms with Gasteiger partial charge in [0, 0.05) is 6.54 Å². The molecule has 0 spiro atoms. The van der Waals surface area contributed by atoms with Gasteiger partial charge in [-0.05, 0) is 25.9 Å². The maximum atomic E-state index is 10.7. The lowest BCUT2D eigenvalue weighted by Crippen LogP contribution is -2.40. The summed E-state index contributed by atoms with van der Waals surface area (Å²) in [5.41, 5.74) is 0. The topological polar surface area (TPSA) is 40.5 Å². The minimum atomic E-state index is -0.649. The van der Waals surface area contributed by atoms with Gasteiger partial charge in [-0.1, -0.05) is 6.92 Å². The Kier molecular flexibility index (Phi) is 2.49. The first-order chi connectivity index (χ1) is 5.11. The maximum Gasteiger partial charge on any atom is 0.308 e. The summed E-state index contributed by atoms with van der Waals surface area (Å²) >= 11 is 0. The van der Waals surface area contributed by atoms with Gasteiger partial charge in [-0.3, -0.25) is 4.79 Å². The van der Waals surface area contributed by atoms with Crippen LogP contribution in [0.25, 0.3) is 0 Å². The molecule has 11 heavy (non-hydrogen) atoms. The van der Waals surface area contributed by atoms with Crippen LogP contribution in [0.2, 0.25) is 0 Å². The Morgan fingerprint density at radius 1 is 1.64 bits per heavy atom. The monoisotopic (exact) mass is 157 g/mol. The van der Waals surface area contributed by atoms with Gasteiger partial charge in [-0.2, -0.15) is 0 Å². The molecule has 0 aromatic rings. The van der Waals surface area contributed by atoms with Gasteiger partial charge in [0.25, 0.3) is 0 Å². The Balaban J connectivity index is 2.54. The van der Waals surface area contributed by atoms with Gasteiger partial charge in [0.05, 0.1) is 5.92 Å². The molecule has 1 heterocycles. The maximum absolute atomic E-state index is 10.7. The molecule has 3 heteroatoms. The normalized spacial score (nSPS) is 33.6. The number of likely N-dealkylation sites (tertiary alicyclic amines) is 1. The van der Waals surface area contributed by atoms with Crippen molar-refractivity contribution in [3.05, 3.63) is 0 Å². The van der Waals surface area contributed by atoms with E-state index in [4.69, 9.17) is 5.11 Å². The molecule has 0 aromatic carbocycles. The van der Waals surface area contributed by atoms with Gasteiger partial charge >= 0.3 is 5.97 Å². The molecule has 0 aromatic heterocycles. The second kappa shape index (κ2) is 3.22. The van der Waals surface area contributed by atoms with Gasteiger partial charge in [0.1, 0.15) is 0 Å². The first-order valence-electron chi connectivity index (χ1n) is 4.02. The smallest absolute Gasteiger partial charge is 0.308 e. The third-order valence-electron chi connectivity index (χ3n) is 2.48. The Labute approximate surface area is 67.0 Å². The number of carbonyl (C=O) groups is 1. The number of aliphatic carboxylic acids is 1. The minimum absolute atomic E-state index is 0.159. The fourth-order valence-corrected chi connectivity index (χ4v) is 1.55. The predicted molar refractivity (Wildman–Crippen MR) is 42.4 cm³/mol. The zero-order valence-corrected chi connectivity index (χ0v) is 7.08. The first-order valence-corrected chi connectivity index (χ1v) is 4.02. The highest BCUT2D eigenvalue weighted by atomic mass is 16.4. The minimum Gasteiger partial charge on any atom is -0.481 e. The lowest BCUT2D eigenvalue weighted by atomic mass is 9.87. The van der Waals surface area contributed by atoms with Crippen LogP contribution in [0.15, 0.2) is 0 Å². The van der Waals surface area contributed by atoms with Gasteiger partial charge in [-0.15, -0.1) is 0 Å². The number of hydrogen-bond acceptors (Lipinski definition) is 2. The molecular weight excluding hydrogens is 142 g/mol. The Bertz CT molecular complexity index is 158. The summed E-state index contributed by atoms with van der Waals surface area (Å²) in [5, 5.41) is 8.80. The molecule has 1 rings (SSSR count). The summed E-state index contributed by atoms with van der Waals surface area (Å²) in [6, 6.07) is 0. The SMILES string of the molecule is CC1CCN(C)CC1C(=O)O. The van der Waals surface area contributed by atoms with Crippen molar-refractivity contribution in [3.8, 4) is 0 Å². The van der Waals surface area contributed by atoms with E-state index in [2.05, 4.69) is 4.90 Å². The second-order valence-electron chi connectivity index (χ2n) is 3.47. The fraction of sp³-hybridized carbons (Fsp3) is 0.875. The van der Waals surface area contributed by atoms with E-state index >= 15 is 0 Å². The van der Waals surface area contributed by atoms with Crippen LogP contribution in [0.3, 0.4) is 0 Å². The molecule has 64 valence electrons. The molecule has 1 saturated heterocycles.